The average molecular weight is 385 g/mol. The Bertz CT molecular complexity index is 851. The molecule has 2 aromatic carbocycles. The van der Waals surface area contributed by atoms with Crippen LogP contribution in [0.2, 0.25) is 0 Å². The molecule has 1 aliphatic heterocycles. The van der Waals surface area contributed by atoms with Gasteiger partial charge in [0.1, 0.15) is 0 Å². The van der Waals surface area contributed by atoms with Crippen LogP contribution >= 0.6 is 0 Å². The molecule has 7 nitrogen and oxygen atoms in total. The van der Waals surface area contributed by atoms with Crippen molar-refractivity contribution in [2.75, 3.05) is 50.4 Å². The summed E-state index contributed by atoms with van der Waals surface area (Å²) in [6, 6.07) is 7.08. The van der Waals surface area contributed by atoms with Gasteiger partial charge in [-0.1, -0.05) is 0 Å². The first-order valence-corrected chi connectivity index (χ1v) is 9.25. The Morgan fingerprint density at radius 2 is 1.61 bits per heavy atom. The number of methoxy groups -OCH3 is 3. The van der Waals surface area contributed by atoms with Gasteiger partial charge in [-0.3, -0.25) is 4.79 Å². The van der Waals surface area contributed by atoms with Crippen molar-refractivity contribution in [1.82, 2.24) is 0 Å². The summed E-state index contributed by atoms with van der Waals surface area (Å²) in [4.78, 5) is 15.2. The number of rotatable bonds is 6. The van der Waals surface area contributed by atoms with Crippen LogP contribution in [0.1, 0.15) is 28.8 Å². The number of carbonyl (C=O) groups excluding carboxylic acids is 1. The minimum absolute atomic E-state index is 0.304. The quantitative estimate of drug-likeness (QED) is 0.741. The number of aryl methyl sites for hydroxylation is 1. The van der Waals surface area contributed by atoms with Gasteiger partial charge in [-0.25, -0.2) is 0 Å². The molecule has 0 spiro atoms. The molecule has 0 saturated carbocycles. The molecule has 7 heteroatoms. The average Bonchev–Trinajstić information content (AvgIpc) is 3.23. The number of hydrogen-bond acceptors (Lipinski definition) is 6. The monoisotopic (exact) mass is 385 g/mol. The Morgan fingerprint density at radius 1 is 1.00 bits per heavy atom. The van der Waals surface area contributed by atoms with Crippen LogP contribution in [-0.2, 0) is 0 Å². The lowest BCUT2D eigenvalue weighted by molar-refractivity contribution is 0.102. The fourth-order valence-corrected chi connectivity index (χ4v) is 3.53. The van der Waals surface area contributed by atoms with E-state index in [9.17, 15) is 4.79 Å². The van der Waals surface area contributed by atoms with E-state index in [1.54, 1.807) is 12.1 Å². The van der Waals surface area contributed by atoms with Crippen LogP contribution in [0.3, 0.4) is 0 Å². The van der Waals surface area contributed by atoms with Crippen molar-refractivity contribution in [1.29, 1.82) is 0 Å². The summed E-state index contributed by atoms with van der Waals surface area (Å²) in [5.74, 6) is 0.971. The van der Waals surface area contributed by atoms with Crippen LogP contribution in [-0.4, -0.2) is 40.3 Å². The highest BCUT2D eigenvalue weighted by molar-refractivity contribution is 6.07. The molecule has 0 aromatic heterocycles. The first-order valence-electron chi connectivity index (χ1n) is 9.25. The standard InChI is InChI=1S/C21H27N3O4/c1-13-9-15(22)16(12-17(13)24-7-5-6-8-24)23-21(25)14-10-18(26-2)20(28-4)19(11-14)27-3/h9-12H,5-8,22H2,1-4H3,(H,23,25). The van der Waals surface area contributed by atoms with E-state index in [2.05, 4.69) is 10.2 Å². The van der Waals surface area contributed by atoms with E-state index in [-0.39, 0.29) is 5.91 Å². The fourth-order valence-electron chi connectivity index (χ4n) is 3.53. The fraction of sp³-hybridized carbons (Fsp3) is 0.381. The number of amides is 1. The van der Waals surface area contributed by atoms with Gasteiger partial charge in [0, 0.05) is 24.3 Å². The summed E-state index contributed by atoms with van der Waals surface area (Å²) in [7, 11) is 4.55. The van der Waals surface area contributed by atoms with Crippen molar-refractivity contribution in [2.45, 2.75) is 19.8 Å². The van der Waals surface area contributed by atoms with Crippen LogP contribution in [0.15, 0.2) is 24.3 Å². The summed E-state index contributed by atoms with van der Waals surface area (Å²) >= 11 is 0. The molecule has 0 atom stereocenters. The number of benzene rings is 2. The zero-order chi connectivity index (χ0) is 20.3. The van der Waals surface area contributed by atoms with Gasteiger partial charge in [0.15, 0.2) is 11.5 Å². The van der Waals surface area contributed by atoms with Gasteiger partial charge >= 0.3 is 0 Å². The van der Waals surface area contributed by atoms with Crippen molar-refractivity contribution in [3.63, 3.8) is 0 Å². The number of nitrogens with one attached hydrogen (secondary N) is 1. The Hall–Kier alpha value is -3.09. The molecule has 1 fully saturated rings. The Labute approximate surface area is 165 Å². The minimum Gasteiger partial charge on any atom is -0.493 e. The van der Waals surface area contributed by atoms with Gasteiger partial charge in [-0.2, -0.15) is 0 Å². The molecule has 0 aliphatic carbocycles. The van der Waals surface area contributed by atoms with Crippen molar-refractivity contribution < 1.29 is 19.0 Å². The van der Waals surface area contributed by atoms with Crippen molar-refractivity contribution in [2.24, 2.45) is 0 Å². The van der Waals surface area contributed by atoms with E-state index in [0.717, 1.165) is 24.3 Å². The predicted octanol–water partition coefficient (Wildman–Crippen LogP) is 3.46. The largest absolute Gasteiger partial charge is 0.493 e. The lowest BCUT2D eigenvalue weighted by Gasteiger charge is -2.22. The van der Waals surface area contributed by atoms with Crippen LogP contribution < -0.4 is 30.2 Å². The molecule has 3 rings (SSSR count). The molecule has 0 radical (unpaired) electrons. The van der Waals surface area contributed by atoms with E-state index >= 15 is 0 Å². The second-order valence-electron chi connectivity index (χ2n) is 6.79. The Kier molecular flexibility index (Phi) is 5.82. The van der Waals surface area contributed by atoms with E-state index in [1.807, 2.05) is 19.1 Å². The molecule has 1 aliphatic rings. The third-order valence-corrected chi connectivity index (χ3v) is 4.99. The summed E-state index contributed by atoms with van der Waals surface area (Å²) < 4.78 is 16.0. The number of nitrogens with zero attached hydrogens (tertiary/aromatic N) is 1. The first-order chi connectivity index (χ1) is 13.5. The number of carbonyl (C=O) groups is 1. The van der Waals surface area contributed by atoms with Gasteiger partial charge in [-0.05, 0) is 49.6 Å². The normalized spacial score (nSPS) is 13.4. The van der Waals surface area contributed by atoms with Gasteiger partial charge in [0.2, 0.25) is 5.75 Å². The maximum absolute atomic E-state index is 12.9. The zero-order valence-corrected chi connectivity index (χ0v) is 16.8. The minimum atomic E-state index is -0.304. The maximum Gasteiger partial charge on any atom is 0.255 e. The smallest absolute Gasteiger partial charge is 0.255 e. The highest BCUT2D eigenvalue weighted by Gasteiger charge is 2.20. The van der Waals surface area contributed by atoms with Crippen LogP contribution in [0.25, 0.3) is 0 Å². The van der Waals surface area contributed by atoms with E-state index in [4.69, 9.17) is 19.9 Å². The van der Waals surface area contributed by atoms with Crippen LogP contribution in [0.4, 0.5) is 17.1 Å². The predicted molar refractivity (Wildman–Crippen MR) is 111 cm³/mol. The molecule has 0 unspecified atom stereocenters. The second-order valence-corrected chi connectivity index (χ2v) is 6.79. The van der Waals surface area contributed by atoms with E-state index in [1.165, 1.54) is 34.2 Å². The van der Waals surface area contributed by atoms with Gasteiger partial charge < -0.3 is 30.2 Å². The molecule has 150 valence electrons. The van der Waals surface area contributed by atoms with Gasteiger partial charge in [-0.15, -0.1) is 0 Å². The first kappa shape index (κ1) is 19.7. The number of anilines is 3. The van der Waals surface area contributed by atoms with Crippen LogP contribution in [0.5, 0.6) is 17.2 Å². The number of hydrogen-bond donors (Lipinski definition) is 2. The Morgan fingerprint density at radius 3 is 2.14 bits per heavy atom. The maximum atomic E-state index is 12.9. The summed E-state index contributed by atoms with van der Waals surface area (Å²) in [5, 5.41) is 2.92. The molecule has 28 heavy (non-hydrogen) atoms. The van der Waals surface area contributed by atoms with Crippen molar-refractivity contribution >= 4 is 23.0 Å². The number of nitrogen functional groups attached to an aromatic ring is 1. The van der Waals surface area contributed by atoms with E-state index < -0.39 is 0 Å². The van der Waals surface area contributed by atoms with E-state index in [0.29, 0.717) is 34.2 Å². The van der Waals surface area contributed by atoms with Gasteiger partial charge in [0.05, 0.1) is 32.7 Å². The highest BCUT2D eigenvalue weighted by atomic mass is 16.5. The van der Waals surface area contributed by atoms with Crippen molar-refractivity contribution in [3.8, 4) is 17.2 Å². The topological polar surface area (TPSA) is 86.1 Å². The molecular weight excluding hydrogens is 358 g/mol. The molecule has 3 N–H and O–H groups in total. The molecule has 1 heterocycles. The molecule has 2 aromatic rings. The summed E-state index contributed by atoms with van der Waals surface area (Å²) in [6.07, 6.45) is 2.36. The number of ether oxygens (including phenoxy) is 3. The molecule has 1 amide bonds. The Balaban J connectivity index is 1.91. The second kappa shape index (κ2) is 8.29. The third kappa shape index (κ3) is 3.78. The highest BCUT2D eigenvalue weighted by Crippen LogP contribution is 2.38. The lowest BCUT2D eigenvalue weighted by Crippen LogP contribution is -2.20. The number of nitrogens with two attached hydrogens (primary N) is 1. The third-order valence-electron chi connectivity index (χ3n) is 4.99. The molecule has 0 bridgehead atoms. The molecule has 1 saturated heterocycles. The van der Waals surface area contributed by atoms with Crippen molar-refractivity contribution in [3.05, 3.63) is 35.4 Å². The van der Waals surface area contributed by atoms with Gasteiger partial charge in [0.25, 0.3) is 5.91 Å². The summed E-state index contributed by atoms with van der Waals surface area (Å²) in [6.45, 7) is 4.07. The lowest BCUT2D eigenvalue weighted by atomic mass is 10.1. The molecular formula is C21H27N3O4. The SMILES string of the molecule is COc1cc(C(=O)Nc2cc(N3CCCC3)c(C)cc2N)cc(OC)c1OC. The van der Waals surface area contributed by atoms with Crippen LogP contribution in [0, 0.1) is 6.92 Å². The zero-order valence-electron chi connectivity index (χ0n) is 16.8. The summed E-state index contributed by atoms with van der Waals surface area (Å²) in [5.41, 5.74) is 9.88.